The molecule has 5 N–H and O–H groups in total. The number of halogens is 2. The van der Waals surface area contributed by atoms with Crippen LogP contribution in [-0.4, -0.2) is 11.3 Å². The minimum absolute atomic E-state index is 0.411. The second kappa shape index (κ2) is 4.83. The molecule has 1 aromatic carbocycles. The van der Waals surface area contributed by atoms with Crippen LogP contribution in [0, 0.1) is 0 Å². The fourth-order valence-electron chi connectivity index (χ4n) is 2.14. The third kappa shape index (κ3) is 2.11. The maximum Gasteiger partial charge on any atom is 0.163 e. The summed E-state index contributed by atoms with van der Waals surface area (Å²) in [6.45, 7) is 0. The van der Waals surface area contributed by atoms with Crippen LogP contribution in [-0.2, 0) is 5.66 Å². The first kappa shape index (κ1) is 13.5. The lowest BCUT2D eigenvalue weighted by Crippen LogP contribution is -2.39. The Bertz CT molecular complexity index is 716. The van der Waals surface area contributed by atoms with Crippen LogP contribution in [0.15, 0.2) is 44.4 Å². The molecule has 1 aliphatic rings. The second-order valence-corrected chi connectivity index (χ2v) is 6.16. The van der Waals surface area contributed by atoms with Crippen molar-refractivity contribution < 1.29 is 0 Å². The highest BCUT2D eigenvalue weighted by Gasteiger charge is 2.34. The molecule has 1 aliphatic heterocycles. The summed E-state index contributed by atoms with van der Waals surface area (Å²) in [7, 11) is 0. The van der Waals surface area contributed by atoms with Gasteiger partial charge in [-0.05, 0) is 55.6 Å². The molecule has 0 bridgehead atoms. The van der Waals surface area contributed by atoms with Crippen molar-refractivity contribution in [1.82, 2.24) is 4.98 Å². The zero-order valence-electron chi connectivity index (χ0n) is 10.3. The predicted octanol–water partition coefficient (Wildman–Crippen LogP) is 2.80. The molecule has 0 fully saturated rings. The molecule has 0 saturated heterocycles. The van der Waals surface area contributed by atoms with E-state index in [0.29, 0.717) is 5.82 Å². The van der Waals surface area contributed by atoms with E-state index in [1.54, 1.807) is 18.6 Å². The zero-order chi connectivity index (χ0) is 14.3. The predicted molar refractivity (Wildman–Crippen MR) is 87.6 cm³/mol. The first-order chi connectivity index (χ1) is 9.50. The van der Waals surface area contributed by atoms with Gasteiger partial charge < -0.3 is 11.1 Å². The molecule has 0 amide bonds. The van der Waals surface area contributed by atoms with Gasteiger partial charge in [0.2, 0.25) is 0 Å². The summed E-state index contributed by atoms with van der Waals surface area (Å²) < 4.78 is 1.87. The average Bonchev–Trinajstić information content (AvgIpc) is 2.43. The quantitative estimate of drug-likeness (QED) is 0.691. The van der Waals surface area contributed by atoms with Crippen molar-refractivity contribution in [2.24, 2.45) is 10.7 Å². The number of pyridine rings is 1. The topological polar surface area (TPSA) is 89.3 Å². The van der Waals surface area contributed by atoms with E-state index in [4.69, 9.17) is 11.5 Å². The van der Waals surface area contributed by atoms with E-state index in [2.05, 4.69) is 47.2 Å². The van der Waals surface area contributed by atoms with Crippen molar-refractivity contribution in [1.29, 1.82) is 0 Å². The van der Waals surface area contributed by atoms with Crippen LogP contribution < -0.4 is 16.8 Å². The van der Waals surface area contributed by atoms with Crippen molar-refractivity contribution in [3.05, 3.63) is 50.5 Å². The molecule has 3 rings (SSSR count). The molecule has 0 saturated carbocycles. The van der Waals surface area contributed by atoms with Crippen molar-refractivity contribution in [2.75, 3.05) is 11.1 Å². The van der Waals surface area contributed by atoms with Crippen LogP contribution in [0.5, 0.6) is 0 Å². The maximum absolute atomic E-state index is 6.52. The summed E-state index contributed by atoms with van der Waals surface area (Å²) in [6.07, 6.45) is 3.24. The summed E-state index contributed by atoms with van der Waals surface area (Å²) in [6, 6.07) is 7.54. The van der Waals surface area contributed by atoms with E-state index < -0.39 is 5.66 Å². The number of aliphatic imine (C=N–C) groups is 1. The molecule has 2 heterocycles. The van der Waals surface area contributed by atoms with Gasteiger partial charge >= 0.3 is 0 Å². The molecule has 1 unspecified atom stereocenters. The average molecular weight is 397 g/mol. The number of rotatable bonds is 1. The molecule has 0 radical (unpaired) electrons. The highest BCUT2D eigenvalue weighted by molar-refractivity contribution is 9.13. The Labute approximate surface area is 132 Å². The van der Waals surface area contributed by atoms with E-state index in [1.807, 2.05) is 18.2 Å². The maximum atomic E-state index is 6.52. The Kier molecular flexibility index (Phi) is 3.27. The SMILES string of the molecule is Nc1cc2c(cn1)NC=NC2(N)c1ccc(Br)c(Br)c1. The summed E-state index contributed by atoms with van der Waals surface area (Å²) >= 11 is 6.93. The number of anilines is 2. The van der Waals surface area contributed by atoms with E-state index in [0.717, 1.165) is 25.8 Å². The van der Waals surface area contributed by atoms with Gasteiger partial charge in [0, 0.05) is 14.5 Å². The monoisotopic (exact) mass is 395 g/mol. The second-order valence-electron chi connectivity index (χ2n) is 4.45. The van der Waals surface area contributed by atoms with Crippen LogP contribution in [0.3, 0.4) is 0 Å². The summed E-state index contributed by atoms with van der Waals surface area (Å²) in [5.41, 5.74) is 13.8. The molecule has 20 heavy (non-hydrogen) atoms. The lowest BCUT2D eigenvalue weighted by Gasteiger charge is -2.31. The van der Waals surface area contributed by atoms with Crippen molar-refractivity contribution in [3.8, 4) is 0 Å². The van der Waals surface area contributed by atoms with E-state index in [-0.39, 0.29) is 0 Å². The number of fused-ring (bicyclic) bond motifs is 1. The first-order valence-electron chi connectivity index (χ1n) is 5.81. The number of hydrogen-bond acceptors (Lipinski definition) is 5. The number of nitrogens with zero attached hydrogens (tertiary/aromatic N) is 2. The smallest absolute Gasteiger partial charge is 0.163 e. The number of hydrogen-bond donors (Lipinski definition) is 3. The molecule has 0 aliphatic carbocycles. The highest BCUT2D eigenvalue weighted by atomic mass is 79.9. The Hall–Kier alpha value is -1.44. The minimum atomic E-state index is -0.985. The van der Waals surface area contributed by atoms with Crippen molar-refractivity contribution >= 4 is 49.7 Å². The Balaban J connectivity index is 2.21. The van der Waals surface area contributed by atoms with Crippen molar-refractivity contribution in [2.45, 2.75) is 5.66 Å². The Morgan fingerprint density at radius 1 is 1.15 bits per heavy atom. The van der Waals surface area contributed by atoms with E-state index in [1.165, 1.54) is 0 Å². The van der Waals surface area contributed by atoms with Gasteiger partial charge in [0.05, 0.1) is 18.2 Å². The van der Waals surface area contributed by atoms with Gasteiger partial charge in [-0.25, -0.2) is 9.98 Å². The summed E-state index contributed by atoms with van der Waals surface area (Å²) in [5, 5.41) is 3.03. The summed E-state index contributed by atoms with van der Waals surface area (Å²) in [5.74, 6) is 0.411. The van der Waals surface area contributed by atoms with Crippen LogP contribution in [0.4, 0.5) is 11.5 Å². The lowest BCUT2D eigenvalue weighted by atomic mass is 9.91. The van der Waals surface area contributed by atoms with Crippen LogP contribution in [0.25, 0.3) is 0 Å². The standard InChI is InChI=1S/C13H11Br2N5/c14-9-2-1-7(3-10(9)15)13(17)8-4-12(16)18-5-11(8)19-6-20-13/h1-6H,17H2,(H2,16,18)(H,19,20). The van der Waals surface area contributed by atoms with Crippen molar-refractivity contribution in [3.63, 3.8) is 0 Å². The number of benzene rings is 1. The molecular formula is C13H11Br2N5. The van der Waals surface area contributed by atoms with E-state index >= 15 is 0 Å². The minimum Gasteiger partial charge on any atom is -0.384 e. The third-order valence-electron chi connectivity index (χ3n) is 3.18. The molecule has 5 nitrogen and oxygen atoms in total. The third-order valence-corrected chi connectivity index (χ3v) is 5.06. The van der Waals surface area contributed by atoms with Gasteiger partial charge in [0.25, 0.3) is 0 Å². The summed E-state index contributed by atoms with van der Waals surface area (Å²) in [4.78, 5) is 8.47. The number of aromatic nitrogens is 1. The van der Waals surface area contributed by atoms with Gasteiger partial charge in [-0.2, -0.15) is 0 Å². The fraction of sp³-hybridized carbons (Fsp3) is 0.0769. The molecular weight excluding hydrogens is 386 g/mol. The fourth-order valence-corrected chi connectivity index (χ4v) is 2.76. The molecule has 2 aromatic rings. The largest absolute Gasteiger partial charge is 0.384 e. The number of nitrogen functional groups attached to an aromatic ring is 1. The first-order valence-corrected chi connectivity index (χ1v) is 7.40. The zero-order valence-corrected chi connectivity index (χ0v) is 13.4. The van der Waals surface area contributed by atoms with Gasteiger partial charge in [-0.1, -0.05) is 6.07 Å². The highest BCUT2D eigenvalue weighted by Crippen LogP contribution is 2.38. The molecule has 0 spiro atoms. The lowest BCUT2D eigenvalue weighted by molar-refractivity contribution is 0.570. The van der Waals surface area contributed by atoms with Gasteiger partial charge in [0.1, 0.15) is 5.82 Å². The molecule has 102 valence electrons. The Morgan fingerprint density at radius 3 is 2.70 bits per heavy atom. The van der Waals surface area contributed by atoms with Crippen LogP contribution in [0.2, 0.25) is 0 Å². The molecule has 7 heteroatoms. The van der Waals surface area contributed by atoms with Crippen LogP contribution in [0.1, 0.15) is 11.1 Å². The Morgan fingerprint density at radius 2 is 1.95 bits per heavy atom. The van der Waals surface area contributed by atoms with E-state index in [9.17, 15) is 0 Å². The van der Waals surface area contributed by atoms with Gasteiger partial charge in [-0.15, -0.1) is 0 Å². The molecule has 1 aromatic heterocycles. The van der Waals surface area contributed by atoms with Crippen LogP contribution >= 0.6 is 31.9 Å². The van der Waals surface area contributed by atoms with Gasteiger partial charge in [-0.3, -0.25) is 5.73 Å². The van der Waals surface area contributed by atoms with Gasteiger partial charge in [0.15, 0.2) is 5.66 Å². The number of nitrogens with one attached hydrogen (secondary N) is 1. The molecule has 1 atom stereocenters. The number of nitrogens with two attached hydrogens (primary N) is 2. The normalized spacial score (nSPS) is 20.4.